The average Bonchev–Trinajstić information content (AvgIpc) is 3.32. The number of primary amides is 1. The minimum atomic E-state index is -0.527. The zero-order valence-electron chi connectivity index (χ0n) is 18.8. The molecule has 1 saturated heterocycles. The van der Waals surface area contributed by atoms with Gasteiger partial charge in [-0.1, -0.05) is 36.3 Å². The van der Waals surface area contributed by atoms with Crippen molar-refractivity contribution in [3.05, 3.63) is 59.5 Å². The molecule has 0 spiro atoms. The van der Waals surface area contributed by atoms with Gasteiger partial charge in [0.2, 0.25) is 23.5 Å². The van der Waals surface area contributed by atoms with E-state index >= 15 is 0 Å². The van der Waals surface area contributed by atoms with E-state index in [-0.39, 0.29) is 12.3 Å². The lowest BCUT2D eigenvalue weighted by Crippen LogP contribution is -2.30. The number of aromatic nitrogens is 2. The van der Waals surface area contributed by atoms with Gasteiger partial charge < -0.3 is 20.5 Å². The molecule has 2 heterocycles. The number of piperidine rings is 1. The topological polar surface area (TPSA) is 114 Å². The second kappa shape index (κ2) is 10.3. The first-order chi connectivity index (χ1) is 16.0. The monoisotopic (exact) mass is 447 g/mol. The van der Waals surface area contributed by atoms with Gasteiger partial charge in [0.15, 0.2) is 0 Å². The molecule has 2 amide bonds. The van der Waals surface area contributed by atoms with Crippen molar-refractivity contribution >= 4 is 23.2 Å². The van der Waals surface area contributed by atoms with Gasteiger partial charge in [0.25, 0.3) is 0 Å². The van der Waals surface area contributed by atoms with E-state index < -0.39 is 5.91 Å². The largest absolute Gasteiger partial charge is 0.370 e. The molecule has 0 radical (unpaired) electrons. The molecule has 2 aromatic carbocycles. The van der Waals surface area contributed by atoms with Crippen LogP contribution in [0.25, 0.3) is 11.4 Å². The summed E-state index contributed by atoms with van der Waals surface area (Å²) in [4.78, 5) is 31.0. The van der Waals surface area contributed by atoms with Crippen molar-refractivity contribution < 1.29 is 14.1 Å². The molecular weight excluding hydrogens is 418 g/mol. The van der Waals surface area contributed by atoms with Crippen LogP contribution in [0, 0.1) is 0 Å². The maximum Gasteiger partial charge on any atom is 0.248 e. The summed E-state index contributed by atoms with van der Waals surface area (Å²) >= 11 is 0. The fourth-order valence-corrected chi connectivity index (χ4v) is 4.00. The lowest BCUT2D eigenvalue weighted by atomic mass is 10.1. The third-order valence-electron chi connectivity index (χ3n) is 5.91. The van der Waals surface area contributed by atoms with Crippen LogP contribution in [-0.4, -0.2) is 35.0 Å². The first kappa shape index (κ1) is 22.5. The van der Waals surface area contributed by atoms with E-state index in [0.29, 0.717) is 29.4 Å². The Morgan fingerprint density at radius 1 is 1.09 bits per heavy atom. The minimum Gasteiger partial charge on any atom is -0.370 e. The molecule has 1 fully saturated rings. The number of nitrogens with two attached hydrogens (primary N) is 1. The molecule has 0 bridgehead atoms. The SMILES string of the molecule is CCc1ccc(-c2noc(CCC(=O)Nc3cc(C(N)=O)ccc3N3CCCCC3)n2)cc1. The fraction of sp³-hybridized carbons (Fsp3) is 0.360. The summed E-state index contributed by atoms with van der Waals surface area (Å²) in [6, 6.07) is 13.2. The van der Waals surface area contributed by atoms with E-state index in [2.05, 4.69) is 27.3 Å². The van der Waals surface area contributed by atoms with Gasteiger partial charge in [0.1, 0.15) is 0 Å². The Bertz CT molecular complexity index is 1120. The molecule has 8 nitrogen and oxygen atoms in total. The van der Waals surface area contributed by atoms with Crippen molar-refractivity contribution in [3.8, 4) is 11.4 Å². The number of rotatable bonds is 8. The number of anilines is 2. The predicted octanol–water partition coefficient (Wildman–Crippen LogP) is 3.96. The van der Waals surface area contributed by atoms with Gasteiger partial charge in [0, 0.05) is 37.1 Å². The van der Waals surface area contributed by atoms with Crippen LogP contribution in [-0.2, 0) is 17.6 Å². The van der Waals surface area contributed by atoms with Crippen molar-refractivity contribution in [2.75, 3.05) is 23.3 Å². The summed E-state index contributed by atoms with van der Waals surface area (Å²) < 4.78 is 5.34. The zero-order valence-corrected chi connectivity index (χ0v) is 18.8. The van der Waals surface area contributed by atoms with Crippen LogP contribution in [0.2, 0.25) is 0 Å². The molecule has 1 aromatic heterocycles. The van der Waals surface area contributed by atoms with E-state index in [0.717, 1.165) is 43.6 Å². The van der Waals surface area contributed by atoms with Crippen molar-refractivity contribution in [1.29, 1.82) is 0 Å². The smallest absolute Gasteiger partial charge is 0.248 e. The van der Waals surface area contributed by atoms with Gasteiger partial charge >= 0.3 is 0 Å². The van der Waals surface area contributed by atoms with E-state index in [1.54, 1.807) is 12.1 Å². The normalized spacial score (nSPS) is 13.7. The number of hydrogen-bond acceptors (Lipinski definition) is 6. The fourth-order valence-electron chi connectivity index (χ4n) is 4.00. The van der Waals surface area contributed by atoms with Crippen molar-refractivity contribution in [2.24, 2.45) is 5.73 Å². The number of carbonyl (C=O) groups excluding carboxylic acids is 2. The van der Waals surface area contributed by atoms with Gasteiger partial charge in [-0.05, 0) is 49.4 Å². The Balaban J connectivity index is 1.41. The summed E-state index contributed by atoms with van der Waals surface area (Å²) in [5.41, 5.74) is 9.43. The Morgan fingerprint density at radius 2 is 1.85 bits per heavy atom. The Hall–Kier alpha value is -3.68. The quantitative estimate of drug-likeness (QED) is 0.540. The predicted molar refractivity (Wildman–Crippen MR) is 127 cm³/mol. The van der Waals surface area contributed by atoms with Gasteiger partial charge in [-0.15, -0.1) is 0 Å². The first-order valence-corrected chi connectivity index (χ1v) is 11.4. The molecule has 0 atom stereocenters. The maximum absolute atomic E-state index is 12.7. The lowest BCUT2D eigenvalue weighted by Gasteiger charge is -2.30. The number of nitrogens with one attached hydrogen (secondary N) is 1. The Kier molecular flexibility index (Phi) is 7.02. The standard InChI is InChI=1S/C25H29N5O3/c1-2-17-6-8-18(9-7-17)25-28-23(33-29-25)13-12-22(31)27-20-16-19(24(26)32)10-11-21(20)30-14-4-3-5-15-30/h6-11,16H,2-5,12-15H2,1H3,(H2,26,32)(H,27,31). The summed E-state index contributed by atoms with van der Waals surface area (Å²) in [7, 11) is 0. The zero-order chi connectivity index (χ0) is 23.2. The van der Waals surface area contributed by atoms with E-state index in [1.165, 1.54) is 12.0 Å². The van der Waals surface area contributed by atoms with Gasteiger partial charge in [-0.2, -0.15) is 4.98 Å². The van der Waals surface area contributed by atoms with Crippen LogP contribution < -0.4 is 16.0 Å². The Labute approximate surface area is 193 Å². The van der Waals surface area contributed by atoms with Crippen LogP contribution >= 0.6 is 0 Å². The number of amides is 2. The van der Waals surface area contributed by atoms with Crippen LogP contribution in [0.15, 0.2) is 47.0 Å². The second-order valence-electron chi connectivity index (χ2n) is 8.25. The van der Waals surface area contributed by atoms with Crippen LogP contribution in [0.3, 0.4) is 0 Å². The minimum absolute atomic E-state index is 0.177. The Morgan fingerprint density at radius 3 is 2.55 bits per heavy atom. The molecule has 4 rings (SSSR count). The summed E-state index contributed by atoms with van der Waals surface area (Å²) in [6.45, 7) is 3.94. The second-order valence-corrected chi connectivity index (χ2v) is 8.25. The number of aryl methyl sites for hydroxylation is 2. The highest BCUT2D eigenvalue weighted by atomic mass is 16.5. The molecular formula is C25H29N5O3. The van der Waals surface area contributed by atoms with Crippen LogP contribution in [0.4, 0.5) is 11.4 Å². The molecule has 0 aliphatic carbocycles. The summed E-state index contributed by atoms with van der Waals surface area (Å²) in [5.74, 6) is 0.194. The van der Waals surface area contributed by atoms with Crippen LogP contribution in [0.5, 0.6) is 0 Å². The molecule has 172 valence electrons. The summed E-state index contributed by atoms with van der Waals surface area (Å²) in [5, 5.41) is 6.98. The molecule has 8 heteroatoms. The highest BCUT2D eigenvalue weighted by Crippen LogP contribution is 2.30. The number of nitrogens with zero attached hydrogens (tertiary/aromatic N) is 3. The van der Waals surface area contributed by atoms with E-state index in [1.807, 2.05) is 30.3 Å². The molecule has 1 aliphatic rings. The van der Waals surface area contributed by atoms with Crippen molar-refractivity contribution in [2.45, 2.75) is 45.4 Å². The first-order valence-electron chi connectivity index (χ1n) is 11.4. The van der Waals surface area contributed by atoms with Gasteiger partial charge in [0.05, 0.1) is 11.4 Å². The third-order valence-corrected chi connectivity index (χ3v) is 5.91. The van der Waals surface area contributed by atoms with E-state index in [9.17, 15) is 9.59 Å². The highest BCUT2D eigenvalue weighted by Gasteiger charge is 2.18. The lowest BCUT2D eigenvalue weighted by molar-refractivity contribution is -0.116. The molecule has 0 unspecified atom stereocenters. The van der Waals surface area contributed by atoms with Gasteiger partial charge in [-0.25, -0.2) is 0 Å². The molecule has 3 N–H and O–H groups in total. The van der Waals surface area contributed by atoms with Gasteiger partial charge in [-0.3, -0.25) is 9.59 Å². The van der Waals surface area contributed by atoms with Crippen molar-refractivity contribution in [1.82, 2.24) is 10.1 Å². The summed E-state index contributed by atoms with van der Waals surface area (Å²) in [6.07, 6.45) is 4.87. The molecule has 1 aliphatic heterocycles. The highest BCUT2D eigenvalue weighted by molar-refractivity contribution is 5.99. The molecule has 3 aromatic rings. The molecule has 33 heavy (non-hydrogen) atoms. The number of hydrogen-bond donors (Lipinski definition) is 2. The van der Waals surface area contributed by atoms with Crippen molar-refractivity contribution in [3.63, 3.8) is 0 Å². The number of benzene rings is 2. The number of carbonyl (C=O) groups is 2. The average molecular weight is 448 g/mol. The van der Waals surface area contributed by atoms with Crippen LogP contribution in [0.1, 0.15) is 54.4 Å². The third kappa shape index (κ3) is 5.58. The molecule has 0 saturated carbocycles. The van der Waals surface area contributed by atoms with E-state index in [4.69, 9.17) is 10.3 Å². The maximum atomic E-state index is 12.7.